The number of amides is 1. The van der Waals surface area contributed by atoms with Crippen LogP contribution in [0.25, 0.3) is 0 Å². The maximum Gasteiger partial charge on any atom is 0.239 e. The highest BCUT2D eigenvalue weighted by Gasteiger charge is 2.37. The quantitative estimate of drug-likeness (QED) is 0.760. The Morgan fingerprint density at radius 3 is 2.67 bits per heavy atom. The van der Waals surface area contributed by atoms with Gasteiger partial charge in [-0.2, -0.15) is 0 Å². The van der Waals surface area contributed by atoms with Crippen LogP contribution >= 0.6 is 0 Å². The van der Waals surface area contributed by atoms with Gasteiger partial charge in [-0.3, -0.25) is 4.79 Å². The molecule has 0 radical (unpaired) electrons. The van der Waals surface area contributed by atoms with Gasteiger partial charge in [0.15, 0.2) is 0 Å². The Morgan fingerprint density at radius 2 is 2.27 bits per heavy atom. The lowest BCUT2D eigenvalue weighted by atomic mass is 9.67. The second kappa shape index (κ2) is 4.12. The summed E-state index contributed by atoms with van der Waals surface area (Å²) in [5.41, 5.74) is 0.515. The largest absolute Gasteiger partial charge is 0.344 e. The van der Waals surface area contributed by atoms with E-state index in [0.29, 0.717) is 5.41 Å². The van der Waals surface area contributed by atoms with Crippen molar-refractivity contribution in [3.63, 3.8) is 0 Å². The van der Waals surface area contributed by atoms with Crippen molar-refractivity contribution in [1.82, 2.24) is 10.2 Å². The van der Waals surface area contributed by atoms with E-state index in [1.807, 2.05) is 11.9 Å². The molecule has 0 spiro atoms. The van der Waals surface area contributed by atoms with E-state index in [0.717, 1.165) is 19.5 Å². The summed E-state index contributed by atoms with van der Waals surface area (Å²) >= 11 is 0. The Morgan fingerprint density at radius 1 is 1.53 bits per heavy atom. The third kappa shape index (κ3) is 2.03. The van der Waals surface area contributed by atoms with Crippen molar-refractivity contribution in [3.05, 3.63) is 0 Å². The lowest BCUT2D eigenvalue weighted by Gasteiger charge is -2.42. The highest BCUT2D eigenvalue weighted by Crippen LogP contribution is 2.43. The van der Waals surface area contributed by atoms with Crippen LogP contribution in [0.5, 0.6) is 0 Å². The Balaban J connectivity index is 1.80. The number of carbonyl (C=O) groups excluding carboxylic acids is 1. The average molecular weight is 210 g/mol. The molecule has 3 heteroatoms. The smallest absolute Gasteiger partial charge is 0.239 e. The van der Waals surface area contributed by atoms with E-state index >= 15 is 0 Å². The molecule has 2 rings (SSSR count). The van der Waals surface area contributed by atoms with Crippen LogP contribution in [0.1, 0.15) is 39.0 Å². The SMILES string of the molecule is CCC1(CNC2CCN(C)C2=O)CCC1. The molecule has 1 amide bonds. The van der Waals surface area contributed by atoms with Crippen LogP contribution in [0.15, 0.2) is 0 Å². The van der Waals surface area contributed by atoms with Gasteiger partial charge in [-0.1, -0.05) is 13.3 Å². The minimum Gasteiger partial charge on any atom is -0.344 e. The van der Waals surface area contributed by atoms with Crippen LogP contribution in [0.2, 0.25) is 0 Å². The van der Waals surface area contributed by atoms with E-state index in [4.69, 9.17) is 0 Å². The Bertz CT molecular complexity index is 242. The molecule has 2 fully saturated rings. The van der Waals surface area contributed by atoms with Gasteiger partial charge in [0.2, 0.25) is 5.91 Å². The lowest BCUT2D eigenvalue weighted by Crippen LogP contribution is -2.45. The maximum absolute atomic E-state index is 11.7. The molecule has 86 valence electrons. The van der Waals surface area contributed by atoms with Gasteiger partial charge in [-0.15, -0.1) is 0 Å². The zero-order valence-electron chi connectivity index (χ0n) is 9.88. The molecule has 1 atom stereocenters. The number of carbonyl (C=O) groups is 1. The molecule has 1 N–H and O–H groups in total. The van der Waals surface area contributed by atoms with Crippen molar-refractivity contribution in [2.24, 2.45) is 5.41 Å². The van der Waals surface area contributed by atoms with E-state index < -0.39 is 0 Å². The zero-order valence-corrected chi connectivity index (χ0v) is 9.88. The number of likely N-dealkylation sites (N-methyl/N-ethyl adjacent to an activating group) is 1. The molecule has 2 aliphatic rings. The summed E-state index contributed by atoms with van der Waals surface area (Å²) in [6.45, 7) is 4.22. The molecule has 3 nitrogen and oxygen atoms in total. The predicted molar refractivity (Wildman–Crippen MR) is 60.6 cm³/mol. The second-order valence-electron chi connectivity index (χ2n) is 5.19. The summed E-state index contributed by atoms with van der Waals surface area (Å²) in [5, 5.41) is 3.46. The summed E-state index contributed by atoms with van der Waals surface area (Å²) in [5.74, 6) is 0.278. The van der Waals surface area contributed by atoms with Crippen LogP contribution in [-0.4, -0.2) is 37.0 Å². The molecular formula is C12H22N2O. The number of rotatable bonds is 4. The first kappa shape index (κ1) is 10.9. The Kier molecular flexibility index (Phi) is 3.01. The van der Waals surface area contributed by atoms with Crippen LogP contribution < -0.4 is 5.32 Å². The molecule has 1 aliphatic carbocycles. The number of hydrogen-bond acceptors (Lipinski definition) is 2. The van der Waals surface area contributed by atoms with E-state index in [9.17, 15) is 4.79 Å². The van der Waals surface area contributed by atoms with Crippen molar-refractivity contribution in [1.29, 1.82) is 0 Å². The first-order chi connectivity index (χ1) is 7.17. The molecular weight excluding hydrogens is 188 g/mol. The summed E-state index contributed by atoms with van der Waals surface area (Å²) in [6.07, 6.45) is 6.28. The molecule has 1 unspecified atom stereocenters. The molecule has 1 aliphatic heterocycles. The van der Waals surface area contributed by atoms with Crippen LogP contribution in [0.3, 0.4) is 0 Å². The van der Waals surface area contributed by atoms with Gasteiger partial charge >= 0.3 is 0 Å². The lowest BCUT2D eigenvalue weighted by molar-refractivity contribution is -0.128. The van der Waals surface area contributed by atoms with Crippen LogP contribution in [0.4, 0.5) is 0 Å². The molecule has 0 aromatic heterocycles. The molecule has 0 bridgehead atoms. The second-order valence-corrected chi connectivity index (χ2v) is 5.19. The third-order valence-electron chi connectivity index (χ3n) is 4.32. The van der Waals surface area contributed by atoms with E-state index in [2.05, 4.69) is 12.2 Å². The highest BCUT2D eigenvalue weighted by atomic mass is 16.2. The summed E-state index contributed by atoms with van der Waals surface area (Å²) in [7, 11) is 1.89. The summed E-state index contributed by atoms with van der Waals surface area (Å²) in [6, 6.07) is 0.0963. The number of likely N-dealkylation sites (tertiary alicyclic amines) is 1. The predicted octanol–water partition coefficient (Wildman–Crippen LogP) is 1.39. The molecule has 0 aromatic carbocycles. The van der Waals surface area contributed by atoms with Gasteiger partial charge in [0.05, 0.1) is 6.04 Å². The van der Waals surface area contributed by atoms with E-state index in [-0.39, 0.29) is 11.9 Å². The summed E-state index contributed by atoms with van der Waals surface area (Å²) < 4.78 is 0. The number of nitrogens with zero attached hydrogens (tertiary/aromatic N) is 1. The van der Waals surface area contributed by atoms with Crippen molar-refractivity contribution < 1.29 is 4.79 Å². The molecule has 1 saturated carbocycles. The number of nitrogens with one attached hydrogen (secondary N) is 1. The maximum atomic E-state index is 11.7. The molecule has 1 saturated heterocycles. The summed E-state index contributed by atoms with van der Waals surface area (Å²) in [4.78, 5) is 13.5. The van der Waals surface area contributed by atoms with Crippen molar-refractivity contribution >= 4 is 5.91 Å². The van der Waals surface area contributed by atoms with Gasteiger partial charge in [0.1, 0.15) is 0 Å². The first-order valence-electron chi connectivity index (χ1n) is 6.15. The van der Waals surface area contributed by atoms with E-state index in [1.54, 1.807) is 0 Å². The van der Waals surface area contributed by atoms with Gasteiger partial charge in [0.25, 0.3) is 0 Å². The third-order valence-corrected chi connectivity index (χ3v) is 4.32. The highest BCUT2D eigenvalue weighted by molar-refractivity contribution is 5.83. The van der Waals surface area contributed by atoms with Gasteiger partial charge < -0.3 is 10.2 Å². The van der Waals surface area contributed by atoms with Gasteiger partial charge in [-0.25, -0.2) is 0 Å². The minimum absolute atomic E-state index is 0.0963. The fourth-order valence-corrected chi connectivity index (χ4v) is 2.68. The van der Waals surface area contributed by atoms with E-state index in [1.165, 1.54) is 25.7 Å². The zero-order chi connectivity index (χ0) is 10.9. The topological polar surface area (TPSA) is 32.3 Å². The van der Waals surface area contributed by atoms with Crippen molar-refractivity contribution in [2.75, 3.05) is 20.1 Å². The fourth-order valence-electron chi connectivity index (χ4n) is 2.68. The number of hydrogen-bond donors (Lipinski definition) is 1. The van der Waals surface area contributed by atoms with Crippen molar-refractivity contribution in [2.45, 2.75) is 45.1 Å². The van der Waals surface area contributed by atoms with Gasteiger partial charge in [-0.05, 0) is 31.1 Å². The minimum atomic E-state index is 0.0963. The van der Waals surface area contributed by atoms with Gasteiger partial charge in [0, 0.05) is 20.1 Å². The van der Waals surface area contributed by atoms with Crippen molar-refractivity contribution in [3.8, 4) is 0 Å². The van der Waals surface area contributed by atoms with Crippen LogP contribution in [-0.2, 0) is 4.79 Å². The Labute approximate surface area is 92.2 Å². The molecule has 0 aromatic rings. The first-order valence-corrected chi connectivity index (χ1v) is 6.15. The standard InChI is InChI=1S/C12H22N2O/c1-3-12(6-4-7-12)9-13-10-5-8-14(2)11(10)15/h10,13H,3-9H2,1-2H3. The average Bonchev–Trinajstić information content (AvgIpc) is 2.48. The molecule has 1 heterocycles. The monoisotopic (exact) mass is 210 g/mol. The Hall–Kier alpha value is -0.570. The van der Waals surface area contributed by atoms with Crippen LogP contribution in [0, 0.1) is 5.41 Å². The normalized spacial score (nSPS) is 29.3. The molecule has 15 heavy (non-hydrogen) atoms. The fraction of sp³-hybridized carbons (Fsp3) is 0.917.